The van der Waals surface area contributed by atoms with Crippen molar-refractivity contribution < 1.29 is 14.3 Å². The van der Waals surface area contributed by atoms with Crippen LogP contribution < -0.4 is 10.1 Å². The molecule has 0 aliphatic rings. The monoisotopic (exact) mass is 393 g/mol. The summed E-state index contributed by atoms with van der Waals surface area (Å²) in [4.78, 5) is 25.2. The van der Waals surface area contributed by atoms with Gasteiger partial charge in [-0.3, -0.25) is 9.59 Å². The normalized spacial score (nSPS) is 11.5. The molecular weight excluding hydrogens is 374 g/mol. The molecule has 5 heteroatoms. The number of benzene rings is 3. The van der Waals surface area contributed by atoms with Gasteiger partial charge in [0.15, 0.2) is 0 Å². The predicted octanol–water partition coefficient (Wildman–Crippen LogP) is 5.12. The lowest BCUT2D eigenvalue weighted by molar-refractivity contribution is -0.134. The van der Waals surface area contributed by atoms with Crippen LogP contribution in [0.1, 0.15) is 33.9 Å². The first-order valence-electron chi connectivity index (χ1n) is 8.90. The molecule has 0 aromatic heterocycles. The van der Waals surface area contributed by atoms with Gasteiger partial charge in [-0.25, -0.2) is 0 Å². The van der Waals surface area contributed by atoms with Gasteiger partial charge in [-0.15, -0.1) is 0 Å². The van der Waals surface area contributed by atoms with E-state index >= 15 is 0 Å². The van der Waals surface area contributed by atoms with Gasteiger partial charge in [-0.1, -0.05) is 66.2 Å². The minimum atomic E-state index is -0.540. The number of halogens is 1. The zero-order valence-corrected chi connectivity index (χ0v) is 16.1. The Morgan fingerprint density at radius 1 is 0.964 bits per heavy atom. The van der Waals surface area contributed by atoms with Crippen molar-refractivity contribution >= 4 is 23.5 Å². The first-order valence-corrected chi connectivity index (χ1v) is 9.28. The minimum absolute atomic E-state index is 0.00581. The van der Waals surface area contributed by atoms with Crippen molar-refractivity contribution in [2.45, 2.75) is 19.4 Å². The maximum absolute atomic E-state index is 12.7. The van der Waals surface area contributed by atoms with Crippen LogP contribution in [0.3, 0.4) is 0 Å². The molecule has 0 spiro atoms. The third kappa shape index (κ3) is 5.21. The minimum Gasteiger partial charge on any atom is -0.426 e. The van der Waals surface area contributed by atoms with Gasteiger partial charge in [0.2, 0.25) is 0 Å². The number of rotatable bonds is 6. The molecule has 3 rings (SSSR count). The molecule has 1 unspecified atom stereocenters. The molecule has 4 nitrogen and oxygen atoms in total. The Kier molecular flexibility index (Phi) is 6.45. The molecule has 3 aromatic carbocycles. The van der Waals surface area contributed by atoms with Gasteiger partial charge in [-0.05, 0) is 42.3 Å². The van der Waals surface area contributed by atoms with Gasteiger partial charge in [0, 0.05) is 0 Å². The van der Waals surface area contributed by atoms with E-state index in [1.54, 1.807) is 36.4 Å². The van der Waals surface area contributed by atoms with E-state index in [1.807, 2.05) is 49.4 Å². The number of ether oxygens (including phenoxy) is 1. The summed E-state index contributed by atoms with van der Waals surface area (Å²) in [6, 6.07) is 22.8. The molecule has 28 heavy (non-hydrogen) atoms. The SMILES string of the molecule is Cc1cccc(OC(=O)CC(NC(=O)c2ccccc2Cl)c2ccccc2)c1. The molecule has 0 heterocycles. The van der Waals surface area contributed by atoms with Crippen LogP contribution >= 0.6 is 11.6 Å². The number of carbonyl (C=O) groups excluding carboxylic acids is 2. The van der Waals surface area contributed by atoms with Crippen LogP contribution in [0.2, 0.25) is 5.02 Å². The fourth-order valence-corrected chi connectivity index (χ4v) is 3.06. The highest BCUT2D eigenvalue weighted by atomic mass is 35.5. The highest BCUT2D eigenvalue weighted by Crippen LogP contribution is 2.22. The van der Waals surface area contributed by atoms with Gasteiger partial charge < -0.3 is 10.1 Å². The largest absolute Gasteiger partial charge is 0.426 e. The topological polar surface area (TPSA) is 55.4 Å². The Morgan fingerprint density at radius 3 is 2.39 bits per heavy atom. The van der Waals surface area contributed by atoms with Crippen molar-refractivity contribution in [3.05, 3.63) is 101 Å². The van der Waals surface area contributed by atoms with Crippen molar-refractivity contribution in [3.63, 3.8) is 0 Å². The summed E-state index contributed by atoms with van der Waals surface area (Å²) in [5, 5.41) is 3.25. The Bertz CT molecular complexity index is 972. The van der Waals surface area contributed by atoms with Crippen molar-refractivity contribution in [3.8, 4) is 5.75 Å². The molecule has 1 N–H and O–H groups in total. The molecular formula is C23H20ClNO3. The third-order valence-corrected chi connectivity index (χ3v) is 4.55. The molecule has 0 bridgehead atoms. The van der Waals surface area contributed by atoms with E-state index < -0.39 is 12.0 Å². The number of hydrogen-bond acceptors (Lipinski definition) is 3. The lowest BCUT2D eigenvalue weighted by atomic mass is 10.0. The van der Waals surface area contributed by atoms with Crippen LogP contribution in [0.25, 0.3) is 0 Å². The van der Waals surface area contributed by atoms with E-state index in [0.29, 0.717) is 16.3 Å². The summed E-state index contributed by atoms with van der Waals surface area (Å²) in [5.74, 6) is -0.295. The molecule has 1 atom stereocenters. The van der Waals surface area contributed by atoms with Crippen LogP contribution in [-0.2, 0) is 4.79 Å². The van der Waals surface area contributed by atoms with Crippen molar-refractivity contribution in [2.24, 2.45) is 0 Å². The highest BCUT2D eigenvalue weighted by molar-refractivity contribution is 6.33. The first kappa shape index (κ1) is 19.6. The number of hydrogen-bond donors (Lipinski definition) is 1. The fourth-order valence-electron chi connectivity index (χ4n) is 2.84. The zero-order chi connectivity index (χ0) is 19.9. The molecule has 1 amide bonds. The molecule has 0 radical (unpaired) electrons. The van der Waals surface area contributed by atoms with E-state index in [-0.39, 0.29) is 12.3 Å². The second kappa shape index (κ2) is 9.20. The molecule has 142 valence electrons. The summed E-state index contributed by atoms with van der Waals surface area (Å²) in [7, 11) is 0. The zero-order valence-electron chi connectivity index (χ0n) is 15.4. The summed E-state index contributed by atoms with van der Waals surface area (Å²) in [5.41, 5.74) is 2.16. The Labute approximate surface area is 169 Å². The second-order valence-electron chi connectivity index (χ2n) is 6.41. The number of amides is 1. The van der Waals surface area contributed by atoms with E-state index in [4.69, 9.17) is 16.3 Å². The smallest absolute Gasteiger partial charge is 0.313 e. The lowest BCUT2D eigenvalue weighted by Crippen LogP contribution is -2.31. The molecule has 3 aromatic rings. The average molecular weight is 394 g/mol. The van der Waals surface area contributed by atoms with Crippen LogP contribution in [0.4, 0.5) is 0 Å². The van der Waals surface area contributed by atoms with Crippen LogP contribution in [0, 0.1) is 6.92 Å². The second-order valence-corrected chi connectivity index (χ2v) is 6.82. The molecule has 0 fully saturated rings. The van der Waals surface area contributed by atoms with Crippen molar-refractivity contribution in [1.82, 2.24) is 5.32 Å². The number of nitrogens with one attached hydrogen (secondary N) is 1. The summed E-state index contributed by atoms with van der Waals surface area (Å²) < 4.78 is 5.44. The Morgan fingerprint density at radius 2 is 1.68 bits per heavy atom. The summed E-state index contributed by atoms with van der Waals surface area (Å²) >= 11 is 6.12. The Balaban J connectivity index is 1.77. The maximum atomic E-state index is 12.7. The number of carbonyl (C=O) groups is 2. The summed E-state index contributed by atoms with van der Waals surface area (Å²) in [6.45, 7) is 1.92. The number of esters is 1. The van der Waals surface area contributed by atoms with Crippen molar-refractivity contribution in [2.75, 3.05) is 0 Å². The van der Waals surface area contributed by atoms with Gasteiger partial charge in [0.05, 0.1) is 23.0 Å². The van der Waals surface area contributed by atoms with E-state index in [0.717, 1.165) is 11.1 Å². The van der Waals surface area contributed by atoms with Crippen LogP contribution in [0.15, 0.2) is 78.9 Å². The maximum Gasteiger partial charge on any atom is 0.313 e. The average Bonchev–Trinajstić information content (AvgIpc) is 2.68. The highest BCUT2D eigenvalue weighted by Gasteiger charge is 2.21. The third-order valence-electron chi connectivity index (χ3n) is 4.22. The standard InChI is InChI=1S/C23H20ClNO3/c1-16-8-7-11-18(14-16)28-22(26)15-21(17-9-3-2-4-10-17)25-23(27)19-12-5-6-13-20(19)24/h2-14,21H,15H2,1H3,(H,25,27). The number of aryl methyl sites for hydroxylation is 1. The fraction of sp³-hybridized carbons (Fsp3) is 0.130. The van der Waals surface area contributed by atoms with Crippen molar-refractivity contribution in [1.29, 1.82) is 0 Å². The van der Waals surface area contributed by atoms with Crippen LogP contribution in [0.5, 0.6) is 5.75 Å². The van der Waals surface area contributed by atoms with Gasteiger partial charge in [0.25, 0.3) is 5.91 Å². The molecule has 0 aliphatic heterocycles. The lowest BCUT2D eigenvalue weighted by Gasteiger charge is -2.19. The van der Waals surface area contributed by atoms with Gasteiger partial charge in [0.1, 0.15) is 5.75 Å². The van der Waals surface area contributed by atoms with E-state index in [2.05, 4.69) is 5.32 Å². The molecule has 0 saturated heterocycles. The first-order chi connectivity index (χ1) is 13.5. The van der Waals surface area contributed by atoms with Gasteiger partial charge >= 0.3 is 5.97 Å². The molecule has 0 aliphatic carbocycles. The summed E-state index contributed by atoms with van der Waals surface area (Å²) in [6.07, 6.45) is -0.00581. The van der Waals surface area contributed by atoms with Gasteiger partial charge in [-0.2, -0.15) is 0 Å². The Hall–Kier alpha value is -3.11. The van der Waals surface area contributed by atoms with E-state index in [1.165, 1.54) is 0 Å². The quantitative estimate of drug-likeness (QED) is 0.467. The predicted molar refractivity (Wildman–Crippen MR) is 110 cm³/mol. The van der Waals surface area contributed by atoms with E-state index in [9.17, 15) is 9.59 Å². The molecule has 0 saturated carbocycles. The van der Waals surface area contributed by atoms with Crippen LogP contribution in [-0.4, -0.2) is 11.9 Å².